The second-order valence-electron chi connectivity index (χ2n) is 4.32. The molecule has 0 aliphatic heterocycles. The summed E-state index contributed by atoms with van der Waals surface area (Å²) in [6, 6.07) is 5.88. The summed E-state index contributed by atoms with van der Waals surface area (Å²) in [5.41, 5.74) is 6.21. The highest BCUT2D eigenvalue weighted by Gasteiger charge is 2.14. The minimum Gasteiger partial charge on any atom is -0.368 e. The summed E-state index contributed by atoms with van der Waals surface area (Å²) in [7, 11) is 0. The van der Waals surface area contributed by atoms with Crippen molar-refractivity contribution in [3.63, 3.8) is 0 Å². The average molecular weight is 274 g/mol. The number of carbonyl (C=O) groups excluding carboxylic acids is 2. The second-order valence-corrected chi connectivity index (χ2v) is 4.32. The fourth-order valence-corrected chi connectivity index (χ4v) is 1.53. The number of benzene rings is 1. The zero-order valence-corrected chi connectivity index (χ0v) is 11.1. The van der Waals surface area contributed by atoms with Gasteiger partial charge in [-0.1, -0.05) is 5.16 Å². The molecule has 2 rings (SSSR count). The first-order valence-electron chi connectivity index (χ1n) is 5.98. The predicted octanol–water partition coefficient (Wildman–Crippen LogP) is 0.649. The van der Waals surface area contributed by atoms with Crippen molar-refractivity contribution in [2.45, 2.75) is 19.9 Å². The van der Waals surface area contributed by atoms with Crippen LogP contribution >= 0.6 is 0 Å². The molecule has 2 aromatic rings. The lowest BCUT2D eigenvalue weighted by Crippen LogP contribution is -2.42. The highest BCUT2D eigenvalue weighted by molar-refractivity contribution is 5.97. The molecule has 0 spiro atoms. The number of aryl methyl sites for hydroxylation is 1. The van der Waals surface area contributed by atoms with E-state index in [9.17, 15) is 9.59 Å². The van der Waals surface area contributed by atoms with Crippen LogP contribution in [-0.4, -0.2) is 28.0 Å². The molecule has 0 saturated carbocycles. The van der Waals surface area contributed by atoms with Gasteiger partial charge in [-0.05, 0) is 38.1 Å². The summed E-state index contributed by atoms with van der Waals surface area (Å²) in [5.74, 6) is -0.0297. The summed E-state index contributed by atoms with van der Waals surface area (Å²) < 4.78 is 5.02. The maximum atomic E-state index is 11.8. The Bertz CT molecular complexity index is 633. The van der Waals surface area contributed by atoms with Crippen LogP contribution < -0.4 is 11.1 Å². The number of carbonyl (C=O) groups is 2. The first kappa shape index (κ1) is 13.7. The van der Waals surface area contributed by atoms with Crippen molar-refractivity contribution in [3.05, 3.63) is 35.7 Å². The average Bonchev–Trinajstić information content (AvgIpc) is 2.85. The molecule has 0 aliphatic rings. The Balaban J connectivity index is 2.12. The number of hydrogen-bond donors (Lipinski definition) is 2. The minimum absolute atomic E-state index is 0.371. The molecule has 0 bridgehead atoms. The largest absolute Gasteiger partial charge is 0.368 e. The lowest BCUT2D eigenvalue weighted by Gasteiger charge is -2.09. The highest BCUT2D eigenvalue weighted by atomic mass is 16.5. The SMILES string of the molecule is Cc1noc(-c2ccc(C(=O)NC(C)C(N)=O)cc2)n1. The topological polar surface area (TPSA) is 111 Å². The van der Waals surface area contributed by atoms with Gasteiger partial charge in [-0.15, -0.1) is 0 Å². The van der Waals surface area contributed by atoms with E-state index in [0.717, 1.165) is 0 Å². The molecule has 7 nitrogen and oxygen atoms in total. The van der Waals surface area contributed by atoms with Crippen molar-refractivity contribution in [1.29, 1.82) is 0 Å². The predicted molar refractivity (Wildman–Crippen MR) is 70.6 cm³/mol. The second kappa shape index (κ2) is 5.52. The quantitative estimate of drug-likeness (QED) is 0.850. The van der Waals surface area contributed by atoms with Crippen LogP contribution in [-0.2, 0) is 4.79 Å². The van der Waals surface area contributed by atoms with Gasteiger partial charge in [0.1, 0.15) is 6.04 Å². The number of rotatable bonds is 4. The number of aromatic nitrogens is 2. The van der Waals surface area contributed by atoms with Crippen LogP contribution in [0.3, 0.4) is 0 Å². The fourth-order valence-electron chi connectivity index (χ4n) is 1.53. The molecule has 1 aromatic heterocycles. The van der Waals surface area contributed by atoms with Gasteiger partial charge in [-0.25, -0.2) is 0 Å². The molecule has 7 heteroatoms. The lowest BCUT2D eigenvalue weighted by atomic mass is 10.1. The molecule has 0 radical (unpaired) electrons. The van der Waals surface area contributed by atoms with Gasteiger partial charge >= 0.3 is 0 Å². The molecule has 1 atom stereocenters. The Hall–Kier alpha value is -2.70. The Morgan fingerprint density at radius 2 is 1.95 bits per heavy atom. The Morgan fingerprint density at radius 3 is 2.45 bits per heavy atom. The van der Waals surface area contributed by atoms with Gasteiger partial charge in [0.05, 0.1) is 0 Å². The molecule has 104 valence electrons. The lowest BCUT2D eigenvalue weighted by molar-refractivity contribution is -0.119. The molecule has 1 aromatic carbocycles. The molecule has 1 unspecified atom stereocenters. The molecule has 3 N–H and O–H groups in total. The number of nitrogens with one attached hydrogen (secondary N) is 1. The zero-order valence-electron chi connectivity index (χ0n) is 11.1. The Kier molecular flexibility index (Phi) is 3.79. The standard InChI is InChI=1S/C13H14N4O3/c1-7(11(14)18)15-12(19)9-3-5-10(6-4-9)13-16-8(2)17-20-13/h3-7H,1-2H3,(H2,14,18)(H,15,19). The maximum absolute atomic E-state index is 11.8. The van der Waals surface area contributed by atoms with Gasteiger partial charge < -0.3 is 15.6 Å². The minimum atomic E-state index is -0.722. The van der Waals surface area contributed by atoms with E-state index in [2.05, 4.69) is 15.5 Å². The highest BCUT2D eigenvalue weighted by Crippen LogP contribution is 2.17. The first-order valence-corrected chi connectivity index (χ1v) is 5.98. The van der Waals surface area contributed by atoms with Crippen molar-refractivity contribution >= 4 is 11.8 Å². The van der Waals surface area contributed by atoms with Crippen molar-refractivity contribution in [2.75, 3.05) is 0 Å². The monoisotopic (exact) mass is 274 g/mol. The van der Waals surface area contributed by atoms with E-state index in [1.807, 2.05) is 0 Å². The number of nitrogens with zero attached hydrogens (tertiary/aromatic N) is 2. The zero-order chi connectivity index (χ0) is 14.7. The van der Waals surface area contributed by atoms with E-state index < -0.39 is 11.9 Å². The van der Waals surface area contributed by atoms with Crippen LogP contribution in [0.25, 0.3) is 11.5 Å². The summed E-state index contributed by atoms with van der Waals surface area (Å²) in [5, 5.41) is 6.19. The smallest absolute Gasteiger partial charge is 0.257 e. The van der Waals surface area contributed by atoms with Gasteiger partial charge in [0.2, 0.25) is 5.91 Å². The third kappa shape index (κ3) is 3.00. The molecule has 0 aliphatic carbocycles. The van der Waals surface area contributed by atoms with E-state index in [1.54, 1.807) is 31.2 Å². The van der Waals surface area contributed by atoms with Gasteiger partial charge in [0, 0.05) is 11.1 Å². The van der Waals surface area contributed by atoms with Crippen LogP contribution in [0, 0.1) is 6.92 Å². The van der Waals surface area contributed by atoms with Gasteiger partial charge in [0.15, 0.2) is 5.82 Å². The summed E-state index contributed by atoms with van der Waals surface area (Å²) in [4.78, 5) is 26.8. The van der Waals surface area contributed by atoms with E-state index in [1.165, 1.54) is 6.92 Å². The molecule has 0 fully saturated rings. The van der Waals surface area contributed by atoms with Crippen LogP contribution in [0.15, 0.2) is 28.8 Å². The summed E-state index contributed by atoms with van der Waals surface area (Å²) >= 11 is 0. The molecule has 2 amide bonds. The number of hydrogen-bond acceptors (Lipinski definition) is 5. The van der Waals surface area contributed by atoms with Crippen LogP contribution in [0.2, 0.25) is 0 Å². The first-order chi connectivity index (χ1) is 9.47. The molecular formula is C13H14N4O3. The van der Waals surface area contributed by atoms with E-state index in [4.69, 9.17) is 10.3 Å². The van der Waals surface area contributed by atoms with E-state index in [0.29, 0.717) is 22.8 Å². The van der Waals surface area contributed by atoms with Crippen molar-refractivity contribution in [1.82, 2.24) is 15.5 Å². The number of amides is 2. The Labute approximate surface area is 115 Å². The van der Waals surface area contributed by atoms with Crippen molar-refractivity contribution < 1.29 is 14.1 Å². The molecule has 0 saturated heterocycles. The van der Waals surface area contributed by atoms with Gasteiger partial charge in [0.25, 0.3) is 11.8 Å². The van der Waals surface area contributed by atoms with Crippen LogP contribution in [0.5, 0.6) is 0 Å². The number of primary amides is 1. The normalized spacial score (nSPS) is 11.9. The summed E-state index contributed by atoms with van der Waals surface area (Å²) in [6.45, 7) is 3.25. The van der Waals surface area contributed by atoms with Crippen LogP contribution in [0.4, 0.5) is 0 Å². The molecule has 1 heterocycles. The molecular weight excluding hydrogens is 260 g/mol. The van der Waals surface area contributed by atoms with Crippen molar-refractivity contribution in [3.8, 4) is 11.5 Å². The fraction of sp³-hybridized carbons (Fsp3) is 0.231. The number of nitrogens with two attached hydrogens (primary N) is 1. The third-order valence-corrected chi connectivity index (χ3v) is 2.70. The van der Waals surface area contributed by atoms with E-state index in [-0.39, 0.29) is 5.91 Å². The van der Waals surface area contributed by atoms with Crippen molar-refractivity contribution in [2.24, 2.45) is 5.73 Å². The van der Waals surface area contributed by atoms with Crippen LogP contribution in [0.1, 0.15) is 23.1 Å². The van der Waals surface area contributed by atoms with Gasteiger partial charge in [-0.3, -0.25) is 9.59 Å². The van der Waals surface area contributed by atoms with E-state index >= 15 is 0 Å². The summed E-state index contributed by atoms with van der Waals surface area (Å²) in [6.07, 6.45) is 0. The Morgan fingerprint density at radius 1 is 1.30 bits per heavy atom. The maximum Gasteiger partial charge on any atom is 0.257 e. The molecule has 20 heavy (non-hydrogen) atoms. The van der Waals surface area contributed by atoms with Gasteiger partial charge in [-0.2, -0.15) is 4.98 Å². The third-order valence-electron chi connectivity index (χ3n) is 2.70.